The average Bonchev–Trinajstić information content (AvgIpc) is 2.36. The molecule has 1 unspecified atom stereocenters. The Morgan fingerprint density at radius 3 is 2.37 bits per heavy atom. The second-order valence-electron chi connectivity index (χ2n) is 4.56. The van der Waals surface area contributed by atoms with E-state index in [0.29, 0.717) is 5.69 Å². The third-order valence-electron chi connectivity index (χ3n) is 2.77. The van der Waals surface area contributed by atoms with Crippen LogP contribution in [0.3, 0.4) is 0 Å². The summed E-state index contributed by atoms with van der Waals surface area (Å²) in [7, 11) is -3.09. The number of rotatable bonds is 6. The summed E-state index contributed by atoms with van der Waals surface area (Å²) in [5.74, 6) is -0.455. The lowest BCUT2D eigenvalue weighted by Gasteiger charge is -2.12. The van der Waals surface area contributed by atoms with Gasteiger partial charge in [0.2, 0.25) is 5.91 Å². The lowest BCUT2D eigenvalue weighted by Crippen LogP contribution is -2.37. The van der Waals surface area contributed by atoms with Crippen LogP contribution in [0.4, 0.5) is 5.69 Å². The number of nitrogens with two attached hydrogens (primary N) is 1. The van der Waals surface area contributed by atoms with E-state index in [2.05, 4.69) is 12.2 Å². The summed E-state index contributed by atoms with van der Waals surface area (Å²) in [4.78, 5) is 11.8. The molecule has 0 radical (unpaired) electrons. The van der Waals surface area contributed by atoms with Crippen molar-refractivity contribution >= 4 is 21.4 Å². The van der Waals surface area contributed by atoms with Crippen molar-refractivity contribution in [2.45, 2.75) is 25.8 Å². The van der Waals surface area contributed by atoms with Crippen LogP contribution in [0.1, 0.15) is 18.9 Å². The molecule has 0 spiro atoms. The van der Waals surface area contributed by atoms with Crippen molar-refractivity contribution in [2.75, 3.05) is 17.3 Å². The molecule has 0 aliphatic rings. The number of anilines is 1. The fraction of sp³-hybridized carbons (Fsp3) is 0.462. The van der Waals surface area contributed by atoms with Gasteiger partial charge in [-0.25, -0.2) is 8.42 Å². The first kappa shape index (κ1) is 15.7. The summed E-state index contributed by atoms with van der Waals surface area (Å²) in [6.07, 6.45) is 2.18. The maximum Gasteiger partial charge on any atom is 0.241 e. The molecule has 1 rings (SSSR count). The lowest BCUT2D eigenvalue weighted by molar-refractivity contribution is -0.117. The normalized spacial score (nSPS) is 13.0. The van der Waals surface area contributed by atoms with Crippen molar-refractivity contribution in [3.8, 4) is 0 Å². The minimum absolute atomic E-state index is 0.0869. The van der Waals surface area contributed by atoms with E-state index in [1.165, 1.54) is 5.56 Å². The van der Waals surface area contributed by atoms with E-state index in [-0.39, 0.29) is 18.1 Å². The Hall–Kier alpha value is -1.40. The molecule has 6 heteroatoms. The number of hydrogen-bond acceptors (Lipinski definition) is 4. The van der Waals surface area contributed by atoms with Gasteiger partial charge in [0.05, 0.1) is 11.8 Å². The largest absolute Gasteiger partial charge is 0.325 e. The quantitative estimate of drug-likeness (QED) is 0.814. The summed E-state index contributed by atoms with van der Waals surface area (Å²) in [6, 6.07) is 6.65. The van der Waals surface area contributed by atoms with Gasteiger partial charge in [-0.1, -0.05) is 19.1 Å². The molecule has 0 heterocycles. The first-order valence-corrected chi connectivity index (χ1v) is 8.21. The standard InChI is InChI=1S/C13H20N2O3S/c1-3-10-4-6-11(7-5-10)15-13(16)12(14)8-9-19(2,17)18/h4-7,12H,3,8-9,14H2,1-2H3,(H,15,16). The number of carbonyl (C=O) groups excluding carboxylic acids is 1. The highest BCUT2D eigenvalue weighted by Crippen LogP contribution is 2.10. The molecule has 1 amide bonds. The van der Waals surface area contributed by atoms with Gasteiger partial charge < -0.3 is 11.1 Å². The van der Waals surface area contributed by atoms with Crippen LogP contribution >= 0.6 is 0 Å². The van der Waals surface area contributed by atoms with E-state index in [1.54, 1.807) is 12.1 Å². The van der Waals surface area contributed by atoms with E-state index in [9.17, 15) is 13.2 Å². The van der Waals surface area contributed by atoms with Crippen LogP contribution in [0.2, 0.25) is 0 Å². The van der Waals surface area contributed by atoms with Gasteiger partial charge in [-0.05, 0) is 30.5 Å². The van der Waals surface area contributed by atoms with E-state index in [4.69, 9.17) is 5.73 Å². The number of sulfone groups is 1. The van der Waals surface area contributed by atoms with Crippen molar-refractivity contribution in [1.29, 1.82) is 0 Å². The van der Waals surface area contributed by atoms with Crippen LogP contribution in [0.15, 0.2) is 24.3 Å². The molecule has 0 saturated carbocycles. The Morgan fingerprint density at radius 2 is 1.89 bits per heavy atom. The summed E-state index contributed by atoms with van der Waals surface area (Å²) in [6.45, 7) is 2.05. The van der Waals surface area contributed by atoms with Crippen molar-refractivity contribution in [2.24, 2.45) is 5.73 Å². The van der Waals surface area contributed by atoms with Gasteiger partial charge >= 0.3 is 0 Å². The first-order valence-electron chi connectivity index (χ1n) is 6.15. The predicted octanol–water partition coefficient (Wildman–Crippen LogP) is 0.949. The van der Waals surface area contributed by atoms with Crippen LogP contribution in [0.5, 0.6) is 0 Å². The van der Waals surface area contributed by atoms with E-state index < -0.39 is 15.9 Å². The van der Waals surface area contributed by atoms with Gasteiger partial charge in [-0.2, -0.15) is 0 Å². The molecule has 106 valence electrons. The van der Waals surface area contributed by atoms with Crippen LogP contribution in [-0.2, 0) is 21.1 Å². The van der Waals surface area contributed by atoms with Gasteiger partial charge in [-0.3, -0.25) is 4.79 Å². The average molecular weight is 284 g/mol. The molecule has 0 aliphatic heterocycles. The molecular formula is C13H20N2O3S. The summed E-state index contributed by atoms with van der Waals surface area (Å²) < 4.78 is 22.0. The Morgan fingerprint density at radius 1 is 1.32 bits per heavy atom. The molecule has 1 aromatic carbocycles. The summed E-state index contributed by atoms with van der Waals surface area (Å²) >= 11 is 0. The SMILES string of the molecule is CCc1ccc(NC(=O)C(N)CCS(C)(=O)=O)cc1. The molecular weight excluding hydrogens is 264 g/mol. The maximum absolute atomic E-state index is 11.8. The molecule has 0 bridgehead atoms. The molecule has 0 saturated heterocycles. The fourth-order valence-corrected chi connectivity index (χ4v) is 2.21. The smallest absolute Gasteiger partial charge is 0.241 e. The number of carbonyl (C=O) groups is 1. The van der Waals surface area contributed by atoms with Crippen LogP contribution < -0.4 is 11.1 Å². The number of hydrogen-bond donors (Lipinski definition) is 2. The minimum Gasteiger partial charge on any atom is -0.325 e. The molecule has 19 heavy (non-hydrogen) atoms. The minimum atomic E-state index is -3.09. The van der Waals surface area contributed by atoms with E-state index in [1.807, 2.05) is 12.1 Å². The predicted molar refractivity (Wildman–Crippen MR) is 76.8 cm³/mol. The highest BCUT2D eigenvalue weighted by Gasteiger charge is 2.15. The number of nitrogens with one attached hydrogen (secondary N) is 1. The summed E-state index contributed by atoms with van der Waals surface area (Å²) in [5.41, 5.74) is 7.50. The Kier molecular flexibility index (Phi) is 5.50. The van der Waals surface area contributed by atoms with Crippen molar-refractivity contribution in [1.82, 2.24) is 0 Å². The second kappa shape index (κ2) is 6.68. The highest BCUT2D eigenvalue weighted by molar-refractivity contribution is 7.90. The molecule has 0 aromatic heterocycles. The van der Waals surface area contributed by atoms with Crippen molar-refractivity contribution < 1.29 is 13.2 Å². The van der Waals surface area contributed by atoms with Crippen molar-refractivity contribution in [3.05, 3.63) is 29.8 Å². The second-order valence-corrected chi connectivity index (χ2v) is 6.82. The van der Waals surface area contributed by atoms with Gasteiger partial charge in [0, 0.05) is 11.9 Å². The zero-order chi connectivity index (χ0) is 14.5. The third-order valence-corrected chi connectivity index (χ3v) is 3.74. The Balaban J connectivity index is 2.53. The van der Waals surface area contributed by atoms with Gasteiger partial charge in [-0.15, -0.1) is 0 Å². The van der Waals surface area contributed by atoms with Gasteiger partial charge in [0.25, 0.3) is 0 Å². The monoisotopic (exact) mass is 284 g/mol. The van der Waals surface area contributed by atoms with E-state index in [0.717, 1.165) is 12.7 Å². The number of aryl methyl sites for hydroxylation is 1. The Labute approximate surface area is 114 Å². The molecule has 3 N–H and O–H groups in total. The molecule has 5 nitrogen and oxygen atoms in total. The molecule has 0 aliphatic carbocycles. The van der Waals surface area contributed by atoms with Crippen LogP contribution in [-0.4, -0.2) is 32.4 Å². The Bertz CT molecular complexity index is 523. The summed E-state index contributed by atoms with van der Waals surface area (Å²) in [5, 5.41) is 2.67. The van der Waals surface area contributed by atoms with Crippen LogP contribution in [0.25, 0.3) is 0 Å². The number of amides is 1. The molecule has 1 aromatic rings. The fourth-order valence-electron chi connectivity index (χ4n) is 1.53. The van der Waals surface area contributed by atoms with Gasteiger partial charge in [0.15, 0.2) is 0 Å². The lowest BCUT2D eigenvalue weighted by atomic mass is 10.1. The zero-order valence-electron chi connectivity index (χ0n) is 11.2. The topological polar surface area (TPSA) is 89.3 Å². The maximum atomic E-state index is 11.8. The third kappa shape index (κ3) is 5.85. The van der Waals surface area contributed by atoms with Crippen LogP contribution in [0, 0.1) is 0 Å². The van der Waals surface area contributed by atoms with Crippen molar-refractivity contribution in [3.63, 3.8) is 0 Å². The number of benzene rings is 1. The first-order chi connectivity index (χ1) is 8.81. The van der Waals surface area contributed by atoms with Gasteiger partial charge in [0.1, 0.15) is 9.84 Å². The molecule has 1 atom stereocenters. The zero-order valence-corrected chi connectivity index (χ0v) is 12.0. The van der Waals surface area contributed by atoms with E-state index >= 15 is 0 Å². The molecule has 0 fully saturated rings. The highest BCUT2D eigenvalue weighted by atomic mass is 32.2.